The van der Waals surface area contributed by atoms with E-state index in [1.807, 2.05) is 0 Å². The van der Waals surface area contributed by atoms with Gasteiger partial charge in [-0.3, -0.25) is 14.4 Å². The number of hydrogen-bond acceptors (Lipinski definition) is 6. The summed E-state index contributed by atoms with van der Waals surface area (Å²) < 4.78 is 17.0. The minimum atomic E-state index is -0.770. The highest BCUT2D eigenvalue weighted by atomic mass is 16.6. The summed E-state index contributed by atoms with van der Waals surface area (Å²) in [6.45, 7) is 6.61. The van der Waals surface area contributed by atoms with Crippen molar-refractivity contribution in [2.45, 2.75) is 406 Å². The molecule has 0 N–H and O–H groups in total. The summed E-state index contributed by atoms with van der Waals surface area (Å²) in [5.41, 5.74) is 0. The van der Waals surface area contributed by atoms with Crippen LogP contribution in [0.5, 0.6) is 0 Å². The van der Waals surface area contributed by atoms with Gasteiger partial charge in [0.05, 0.1) is 0 Å². The van der Waals surface area contributed by atoms with Crippen LogP contribution in [0, 0.1) is 0 Å². The molecule has 0 fully saturated rings. The van der Waals surface area contributed by atoms with E-state index in [2.05, 4.69) is 69.4 Å². The molecule has 0 saturated carbocycles. The molecule has 0 radical (unpaired) electrons. The molecule has 0 aliphatic heterocycles. The zero-order valence-corrected chi connectivity index (χ0v) is 55.3. The van der Waals surface area contributed by atoms with Crippen LogP contribution in [0.25, 0.3) is 0 Å². The molecule has 0 aromatic rings. The number of carbonyl (C=O) groups is 3. The second kappa shape index (κ2) is 70.9. The van der Waals surface area contributed by atoms with Gasteiger partial charge in [0.2, 0.25) is 0 Å². The molecule has 0 amide bonds. The van der Waals surface area contributed by atoms with E-state index in [1.54, 1.807) is 0 Å². The van der Waals surface area contributed by atoms with Crippen LogP contribution in [-0.2, 0) is 28.6 Å². The molecule has 0 saturated heterocycles. The third-order valence-corrected chi connectivity index (χ3v) is 16.6. The van der Waals surface area contributed by atoms with Gasteiger partial charge in [0, 0.05) is 19.3 Å². The standard InChI is InChI=1S/C76H140O6/c1-4-7-10-13-16-19-22-25-28-30-32-34-36-37-38-39-41-42-44-46-48-51-54-57-60-63-66-69-75(78)81-72-73(71-80-74(77)68-65-62-59-56-53-50-27-24-21-18-15-12-9-6-3)82-76(79)70-67-64-61-58-55-52-49-47-45-43-40-35-33-31-29-26-23-20-17-14-11-8-5-2/h7,10,16,19,25,28,32,34,73H,4-6,8-9,11-15,17-18,20-24,26-27,29-31,33,35-72H2,1-3H3/b10-7-,19-16-,28-25-,34-32-. The summed E-state index contributed by atoms with van der Waals surface area (Å²) in [5.74, 6) is -0.834. The second-order valence-electron chi connectivity index (χ2n) is 24.8. The predicted molar refractivity (Wildman–Crippen MR) is 358 cm³/mol. The Hall–Kier alpha value is -2.63. The molecular weight excluding hydrogens is 1010 g/mol. The Morgan fingerprint density at radius 2 is 0.476 bits per heavy atom. The lowest BCUT2D eigenvalue weighted by molar-refractivity contribution is -0.167. The van der Waals surface area contributed by atoms with Gasteiger partial charge in [-0.05, 0) is 57.8 Å². The first-order valence-electron chi connectivity index (χ1n) is 36.6. The molecular formula is C76H140O6. The number of esters is 3. The van der Waals surface area contributed by atoms with Crippen molar-refractivity contribution in [2.75, 3.05) is 13.2 Å². The molecule has 0 heterocycles. The third kappa shape index (κ3) is 68.2. The molecule has 6 nitrogen and oxygen atoms in total. The lowest BCUT2D eigenvalue weighted by Gasteiger charge is -2.18. The van der Waals surface area contributed by atoms with E-state index in [0.717, 1.165) is 83.5 Å². The van der Waals surface area contributed by atoms with Crippen LogP contribution in [-0.4, -0.2) is 37.2 Å². The van der Waals surface area contributed by atoms with E-state index in [9.17, 15) is 14.4 Å². The van der Waals surface area contributed by atoms with Gasteiger partial charge in [0.25, 0.3) is 0 Å². The van der Waals surface area contributed by atoms with Gasteiger partial charge in [0.1, 0.15) is 13.2 Å². The van der Waals surface area contributed by atoms with Crippen LogP contribution in [0.3, 0.4) is 0 Å². The van der Waals surface area contributed by atoms with Crippen molar-refractivity contribution in [2.24, 2.45) is 0 Å². The van der Waals surface area contributed by atoms with Gasteiger partial charge in [-0.15, -0.1) is 0 Å². The van der Waals surface area contributed by atoms with Gasteiger partial charge < -0.3 is 14.2 Å². The normalized spacial score (nSPS) is 12.3. The van der Waals surface area contributed by atoms with Crippen LogP contribution in [0.2, 0.25) is 0 Å². The quantitative estimate of drug-likeness (QED) is 0.0261. The monoisotopic (exact) mass is 1150 g/mol. The largest absolute Gasteiger partial charge is 0.462 e. The van der Waals surface area contributed by atoms with E-state index in [1.165, 1.54) is 276 Å². The third-order valence-electron chi connectivity index (χ3n) is 16.6. The van der Waals surface area contributed by atoms with Gasteiger partial charge in [0.15, 0.2) is 6.10 Å². The SMILES string of the molecule is CC/C=C\C/C=C\C/C=C\C/C=C\CCCCCCCCCCCCCCCCC(=O)OCC(COC(=O)CCCCCCCCCCCCCCCC)OC(=O)CCCCCCCCCCCCCCCCCCCCCCCCC. The van der Waals surface area contributed by atoms with Crippen LogP contribution in [0.1, 0.15) is 400 Å². The van der Waals surface area contributed by atoms with Crippen LogP contribution < -0.4 is 0 Å². The topological polar surface area (TPSA) is 78.9 Å². The highest BCUT2D eigenvalue weighted by Gasteiger charge is 2.19. The Morgan fingerprint density at radius 3 is 0.744 bits per heavy atom. The molecule has 0 aromatic heterocycles. The molecule has 480 valence electrons. The highest BCUT2D eigenvalue weighted by Crippen LogP contribution is 2.19. The first kappa shape index (κ1) is 79.4. The minimum Gasteiger partial charge on any atom is -0.462 e. The smallest absolute Gasteiger partial charge is 0.306 e. The fourth-order valence-electron chi connectivity index (χ4n) is 11.1. The Bertz CT molecular complexity index is 1410. The van der Waals surface area contributed by atoms with Crippen molar-refractivity contribution in [3.63, 3.8) is 0 Å². The maximum atomic E-state index is 13.0. The van der Waals surface area contributed by atoms with Crippen molar-refractivity contribution < 1.29 is 28.6 Å². The van der Waals surface area contributed by atoms with E-state index in [0.29, 0.717) is 19.3 Å². The van der Waals surface area contributed by atoms with Crippen LogP contribution >= 0.6 is 0 Å². The van der Waals surface area contributed by atoms with Gasteiger partial charge in [-0.1, -0.05) is 371 Å². The predicted octanol–water partition coefficient (Wildman–Crippen LogP) is 25.3. The molecule has 0 bridgehead atoms. The molecule has 0 spiro atoms. The zero-order valence-electron chi connectivity index (χ0n) is 55.3. The maximum absolute atomic E-state index is 13.0. The molecule has 0 aliphatic rings. The summed E-state index contributed by atoms with van der Waals surface area (Å²) in [4.78, 5) is 38.5. The molecule has 0 aromatic carbocycles. The minimum absolute atomic E-state index is 0.0659. The van der Waals surface area contributed by atoms with E-state index in [4.69, 9.17) is 14.2 Å². The number of carbonyl (C=O) groups excluding carboxylic acids is 3. The second-order valence-corrected chi connectivity index (χ2v) is 24.8. The van der Waals surface area contributed by atoms with Gasteiger partial charge >= 0.3 is 17.9 Å². The number of allylic oxidation sites excluding steroid dienone is 8. The van der Waals surface area contributed by atoms with E-state index in [-0.39, 0.29) is 31.1 Å². The van der Waals surface area contributed by atoms with Gasteiger partial charge in [-0.2, -0.15) is 0 Å². The summed E-state index contributed by atoms with van der Waals surface area (Å²) >= 11 is 0. The van der Waals surface area contributed by atoms with E-state index < -0.39 is 6.10 Å². The summed E-state index contributed by atoms with van der Waals surface area (Å²) in [6, 6.07) is 0. The van der Waals surface area contributed by atoms with Crippen molar-refractivity contribution in [3.05, 3.63) is 48.6 Å². The molecule has 0 aliphatic carbocycles. The zero-order chi connectivity index (χ0) is 59.2. The maximum Gasteiger partial charge on any atom is 0.306 e. The molecule has 1 unspecified atom stereocenters. The Kier molecular flexibility index (Phi) is 68.6. The van der Waals surface area contributed by atoms with E-state index >= 15 is 0 Å². The molecule has 1 atom stereocenters. The summed E-state index contributed by atoms with van der Waals surface area (Å²) in [7, 11) is 0. The fraction of sp³-hybridized carbons (Fsp3) is 0.855. The summed E-state index contributed by atoms with van der Waals surface area (Å²) in [6.07, 6.45) is 90.0. The number of hydrogen-bond donors (Lipinski definition) is 0. The Balaban J connectivity index is 4.23. The fourth-order valence-corrected chi connectivity index (χ4v) is 11.1. The van der Waals surface area contributed by atoms with Crippen molar-refractivity contribution >= 4 is 17.9 Å². The molecule has 0 rings (SSSR count). The lowest BCUT2D eigenvalue weighted by Crippen LogP contribution is -2.30. The molecule has 6 heteroatoms. The van der Waals surface area contributed by atoms with Crippen molar-refractivity contribution in [3.8, 4) is 0 Å². The average Bonchev–Trinajstić information content (AvgIpc) is 3.48. The number of unbranched alkanes of at least 4 members (excludes halogenated alkanes) is 49. The number of rotatable bonds is 68. The molecule has 82 heavy (non-hydrogen) atoms. The van der Waals surface area contributed by atoms with Crippen molar-refractivity contribution in [1.29, 1.82) is 0 Å². The first-order chi connectivity index (χ1) is 40.5. The van der Waals surface area contributed by atoms with Gasteiger partial charge in [-0.25, -0.2) is 0 Å². The number of ether oxygens (including phenoxy) is 3. The van der Waals surface area contributed by atoms with Crippen molar-refractivity contribution in [1.82, 2.24) is 0 Å². The average molecular weight is 1150 g/mol. The first-order valence-corrected chi connectivity index (χ1v) is 36.6. The van der Waals surface area contributed by atoms with Crippen LogP contribution in [0.4, 0.5) is 0 Å². The summed E-state index contributed by atoms with van der Waals surface area (Å²) in [5, 5.41) is 0. The Labute approximate surface area is 511 Å². The Morgan fingerprint density at radius 1 is 0.256 bits per heavy atom. The highest BCUT2D eigenvalue weighted by molar-refractivity contribution is 5.71. The lowest BCUT2D eigenvalue weighted by atomic mass is 10.0. The van der Waals surface area contributed by atoms with Crippen LogP contribution in [0.15, 0.2) is 48.6 Å².